The lowest BCUT2D eigenvalue weighted by atomic mass is 10.2. The lowest BCUT2D eigenvalue weighted by Gasteiger charge is -2.11. The van der Waals surface area contributed by atoms with Crippen LogP contribution in [0.15, 0.2) is 48.8 Å². The van der Waals surface area contributed by atoms with Crippen LogP contribution in [0.3, 0.4) is 0 Å². The van der Waals surface area contributed by atoms with Gasteiger partial charge in [0.25, 0.3) is 11.6 Å². The van der Waals surface area contributed by atoms with Crippen molar-refractivity contribution in [3.8, 4) is 0 Å². The second kappa shape index (κ2) is 9.19. The molecule has 12 nitrogen and oxygen atoms in total. The fourth-order valence-corrected chi connectivity index (χ4v) is 2.86. The van der Waals surface area contributed by atoms with E-state index in [1.807, 2.05) is 0 Å². The van der Waals surface area contributed by atoms with Gasteiger partial charge in [-0.15, -0.1) is 0 Å². The molecule has 3 rings (SSSR count). The number of halogens is 2. The highest BCUT2D eigenvalue weighted by Crippen LogP contribution is 2.34. The van der Waals surface area contributed by atoms with E-state index in [0.29, 0.717) is 10.7 Å². The van der Waals surface area contributed by atoms with E-state index in [0.717, 1.165) is 12.4 Å². The molecule has 1 heterocycles. The zero-order valence-corrected chi connectivity index (χ0v) is 16.7. The van der Waals surface area contributed by atoms with Crippen molar-refractivity contribution in [1.29, 1.82) is 0 Å². The highest BCUT2D eigenvalue weighted by molar-refractivity contribution is 6.36. The number of hydrogen-bond donors (Lipinski definition) is 3. The number of rotatable bonds is 7. The summed E-state index contributed by atoms with van der Waals surface area (Å²) in [5.74, 6) is -1.30. The number of nitro groups is 2. The molecule has 0 atom stereocenters. The number of non-ortho nitro benzene ring substituents is 1. The first-order valence-corrected chi connectivity index (χ1v) is 9.04. The number of nitrogens with zero attached hydrogens (tertiary/aromatic N) is 4. The van der Waals surface area contributed by atoms with E-state index in [2.05, 4.69) is 26.1 Å². The van der Waals surface area contributed by atoms with Gasteiger partial charge in [-0.25, -0.2) is 9.97 Å². The standard InChI is InChI=1S/C17H11Cl2N7O5/c18-10-4-5-13(12(19)7-10)22-15-14(26(30)31)16(21-8-20-15)23-24-17(27)9-2-1-3-11(6-9)25(28)29/h1-8H,(H,24,27)(H2,20,21,22,23). The third kappa shape index (κ3) is 5.12. The average Bonchev–Trinajstić information content (AvgIpc) is 2.73. The predicted octanol–water partition coefficient (Wildman–Crippen LogP) is 4.10. The summed E-state index contributed by atoms with van der Waals surface area (Å²) in [7, 11) is 0. The van der Waals surface area contributed by atoms with Crippen LogP contribution in [0.25, 0.3) is 0 Å². The summed E-state index contributed by atoms with van der Waals surface area (Å²) in [4.78, 5) is 40.9. The molecular weight excluding hydrogens is 453 g/mol. The van der Waals surface area contributed by atoms with Gasteiger partial charge in [0.05, 0.1) is 20.6 Å². The molecule has 1 amide bonds. The summed E-state index contributed by atoms with van der Waals surface area (Å²) in [5, 5.41) is 25.8. The molecule has 158 valence electrons. The number of hydrazine groups is 1. The first kappa shape index (κ1) is 21.7. The topological polar surface area (TPSA) is 165 Å². The van der Waals surface area contributed by atoms with Crippen LogP contribution in [0.4, 0.5) is 28.7 Å². The molecule has 0 radical (unpaired) electrons. The zero-order valence-electron chi connectivity index (χ0n) is 15.2. The number of carbonyl (C=O) groups excluding carboxylic acids is 1. The Morgan fingerprint density at radius 1 is 0.968 bits per heavy atom. The van der Waals surface area contributed by atoms with Crippen molar-refractivity contribution >= 4 is 57.8 Å². The third-order valence-electron chi connectivity index (χ3n) is 3.80. The Bertz CT molecular complexity index is 1190. The second-order valence-electron chi connectivity index (χ2n) is 5.81. The fraction of sp³-hybridized carbons (Fsp3) is 0. The molecule has 0 aliphatic carbocycles. The van der Waals surface area contributed by atoms with Gasteiger partial charge in [0, 0.05) is 22.7 Å². The van der Waals surface area contributed by atoms with E-state index in [1.54, 1.807) is 0 Å². The summed E-state index contributed by atoms with van der Waals surface area (Å²) >= 11 is 11.9. The van der Waals surface area contributed by atoms with Crippen LogP contribution in [0.1, 0.15) is 10.4 Å². The Balaban J connectivity index is 1.84. The number of hydrogen-bond acceptors (Lipinski definition) is 9. The maximum absolute atomic E-state index is 12.3. The second-order valence-corrected chi connectivity index (χ2v) is 6.66. The minimum atomic E-state index is -0.771. The summed E-state index contributed by atoms with van der Waals surface area (Å²) in [5.41, 5.74) is 3.95. The molecule has 0 spiro atoms. The van der Waals surface area contributed by atoms with Crippen LogP contribution < -0.4 is 16.2 Å². The molecule has 0 saturated carbocycles. The van der Waals surface area contributed by atoms with E-state index in [9.17, 15) is 25.0 Å². The van der Waals surface area contributed by atoms with Crippen LogP contribution >= 0.6 is 23.2 Å². The molecule has 0 bridgehead atoms. The molecule has 0 saturated heterocycles. The first-order chi connectivity index (χ1) is 14.8. The van der Waals surface area contributed by atoms with Crippen molar-refractivity contribution in [3.63, 3.8) is 0 Å². The van der Waals surface area contributed by atoms with Crippen LogP contribution in [0.2, 0.25) is 10.0 Å². The van der Waals surface area contributed by atoms with Crippen molar-refractivity contribution in [2.45, 2.75) is 0 Å². The van der Waals surface area contributed by atoms with Crippen molar-refractivity contribution in [2.24, 2.45) is 0 Å². The minimum absolute atomic E-state index is 0.0373. The van der Waals surface area contributed by atoms with Gasteiger partial charge in [0.1, 0.15) is 6.33 Å². The number of aromatic nitrogens is 2. The molecule has 0 aliphatic heterocycles. The number of carbonyl (C=O) groups is 1. The van der Waals surface area contributed by atoms with Gasteiger partial charge >= 0.3 is 5.69 Å². The fourth-order valence-electron chi connectivity index (χ4n) is 2.40. The molecule has 1 aromatic heterocycles. The lowest BCUT2D eigenvalue weighted by Crippen LogP contribution is -2.30. The summed E-state index contributed by atoms with van der Waals surface area (Å²) < 4.78 is 0. The average molecular weight is 464 g/mol. The smallest absolute Gasteiger partial charge is 0.333 e. The molecule has 0 fully saturated rings. The van der Waals surface area contributed by atoms with Crippen LogP contribution in [-0.4, -0.2) is 25.7 Å². The molecular formula is C17H11Cl2N7O5. The number of nitrogens with one attached hydrogen (secondary N) is 3. The number of nitro benzene ring substituents is 1. The highest BCUT2D eigenvalue weighted by Gasteiger charge is 2.24. The van der Waals surface area contributed by atoms with Gasteiger partial charge in [0.2, 0.25) is 11.6 Å². The van der Waals surface area contributed by atoms with Crippen LogP contribution in [0.5, 0.6) is 0 Å². The van der Waals surface area contributed by atoms with Crippen molar-refractivity contribution in [2.75, 3.05) is 10.7 Å². The molecule has 14 heteroatoms. The molecule has 0 unspecified atom stereocenters. The van der Waals surface area contributed by atoms with Gasteiger partial charge in [0.15, 0.2) is 0 Å². The lowest BCUT2D eigenvalue weighted by molar-refractivity contribution is -0.384. The van der Waals surface area contributed by atoms with E-state index in [4.69, 9.17) is 23.2 Å². The quantitative estimate of drug-likeness (QED) is 0.345. The Morgan fingerprint density at radius 2 is 1.71 bits per heavy atom. The molecule has 31 heavy (non-hydrogen) atoms. The van der Waals surface area contributed by atoms with Gasteiger partial charge in [-0.1, -0.05) is 29.3 Å². The van der Waals surface area contributed by atoms with Crippen molar-refractivity contribution < 1.29 is 14.6 Å². The van der Waals surface area contributed by atoms with Crippen molar-refractivity contribution in [1.82, 2.24) is 15.4 Å². The molecule has 3 N–H and O–H groups in total. The first-order valence-electron chi connectivity index (χ1n) is 8.28. The third-order valence-corrected chi connectivity index (χ3v) is 4.35. The summed E-state index contributed by atoms with van der Waals surface area (Å²) in [6.45, 7) is 0. The number of amides is 1. The minimum Gasteiger partial charge on any atom is -0.333 e. The molecule has 3 aromatic rings. The largest absolute Gasteiger partial charge is 0.355 e. The van der Waals surface area contributed by atoms with Gasteiger partial charge in [-0.2, -0.15) is 0 Å². The van der Waals surface area contributed by atoms with Gasteiger partial charge < -0.3 is 5.32 Å². The summed E-state index contributed by atoms with van der Waals surface area (Å²) in [6.07, 6.45) is 1.03. The van der Waals surface area contributed by atoms with Crippen LogP contribution in [-0.2, 0) is 0 Å². The van der Waals surface area contributed by atoms with E-state index in [-0.39, 0.29) is 27.9 Å². The Labute approximate surface area is 183 Å². The van der Waals surface area contributed by atoms with E-state index >= 15 is 0 Å². The zero-order chi connectivity index (χ0) is 22.5. The Kier molecular flexibility index (Phi) is 6.43. The molecule has 2 aromatic carbocycles. The Morgan fingerprint density at radius 3 is 2.39 bits per heavy atom. The van der Waals surface area contributed by atoms with E-state index in [1.165, 1.54) is 36.4 Å². The predicted molar refractivity (Wildman–Crippen MR) is 113 cm³/mol. The summed E-state index contributed by atoms with van der Waals surface area (Å²) in [6, 6.07) is 9.43. The van der Waals surface area contributed by atoms with Gasteiger partial charge in [-0.3, -0.25) is 35.9 Å². The van der Waals surface area contributed by atoms with E-state index < -0.39 is 21.4 Å². The maximum atomic E-state index is 12.3. The highest BCUT2D eigenvalue weighted by atomic mass is 35.5. The normalized spacial score (nSPS) is 10.3. The van der Waals surface area contributed by atoms with Crippen LogP contribution in [0, 0.1) is 20.2 Å². The SMILES string of the molecule is O=C(NNc1ncnc(Nc2ccc(Cl)cc2Cl)c1[N+](=O)[O-])c1cccc([N+](=O)[O-])c1. The Hall–Kier alpha value is -4.03. The monoisotopic (exact) mass is 463 g/mol. The number of anilines is 3. The van der Waals surface area contributed by atoms with Crippen molar-refractivity contribution in [3.05, 3.63) is 84.6 Å². The van der Waals surface area contributed by atoms with Gasteiger partial charge in [-0.05, 0) is 24.3 Å². The maximum Gasteiger partial charge on any atom is 0.355 e. The number of benzene rings is 2. The molecule has 0 aliphatic rings.